The van der Waals surface area contributed by atoms with Crippen molar-refractivity contribution in [1.82, 2.24) is 10.6 Å². The Morgan fingerprint density at radius 3 is 2.58 bits per heavy atom. The van der Waals surface area contributed by atoms with E-state index in [9.17, 15) is 4.79 Å². The molecule has 0 saturated heterocycles. The van der Waals surface area contributed by atoms with E-state index in [0.717, 1.165) is 49.4 Å². The molecule has 0 saturated carbocycles. The molecule has 0 aromatic rings. The summed E-state index contributed by atoms with van der Waals surface area (Å²) in [5.74, 6) is 1.18. The summed E-state index contributed by atoms with van der Waals surface area (Å²) in [7, 11) is 0.655. The van der Waals surface area contributed by atoms with E-state index < -0.39 is 0 Å². The first kappa shape index (κ1) is 22.7. The van der Waals surface area contributed by atoms with Crippen molar-refractivity contribution in [1.29, 1.82) is 0 Å². The second-order valence-electron chi connectivity index (χ2n) is 7.15. The van der Waals surface area contributed by atoms with Gasteiger partial charge in [0.05, 0.1) is 6.61 Å². The highest BCUT2D eigenvalue weighted by Gasteiger charge is 2.21. The maximum atomic E-state index is 10.3. The van der Waals surface area contributed by atoms with Crippen LogP contribution < -0.4 is 10.6 Å². The van der Waals surface area contributed by atoms with E-state index in [1.165, 1.54) is 0 Å². The largest absolute Gasteiger partial charge is 0.479 e. The van der Waals surface area contributed by atoms with Gasteiger partial charge in [0.1, 0.15) is 0 Å². The molecule has 0 rings (SSSR count). The van der Waals surface area contributed by atoms with Crippen LogP contribution >= 0.6 is 8.58 Å². The Hall–Kier alpha value is -1.28. The van der Waals surface area contributed by atoms with Crippen molar-refractivity contribution in [2.24, 2.45) is 11.3 Å². The van der Waals surface area contributed by atoms with Crippen LogP contribution in [0, 0.1) is 11.3 Å². The number of ether oxygens (including phenoxy) is 1. The Bertz CT molecular complexity index is 433. The van der Waals surface area contributed by atoms with Crippen molar-refractivity contribution in [2.45, 2.75) is 40.5 Å². The van der Waals surface area contributed by atoms with Crippen LogP contribution in [0.2, 0.25) is 0 Å². The SMILES string of the molecule is C=C(NCC(C)(C)CC(C)CCNC=O)OCCPC(=C)C(=C)C. The molecule has 0 aromatic heterocycles. The average Bonchev–Trinajstić information content (AvgIpc) is 2.49. The third kappa shape index (κ3) is 12.2. The molecule has 24 heavy (non-hydrogen) atoms. The normalized spacial score (nSPS) is 12.7. The maximum absolute atomic E-state index is 10.3. The van der Waals surface area contributed by atoms with Crippen LogP contribution in [0.1, 0.15) is 40.5 Å². The van der Waals surface area contributed by atoms with Gasteiger partial charge in [-0.05, 0) is 43.0 Å². The van der Waals surface area contributed by atoms with Crippen molar-refractivity contribution >= 4 is 15.0 Å². The maximum Gasteiger partial charge on any atom is 0.207 e. The van der Waals surface area contributed by atoms with Crippen LogP contribution in [-0.4, -0.2) is 32.3 Å². The Labute approximate surface area is 150 Å². The average molecular weight is 354 g/mol. The fraction of sp³-hybridized carbons (Fsp3) is 0.632. The number of rotatable bonds is 15. The van der Waals surface area contributed by atoms with E-state index in [4.69, 9.17) is 4.74 Å². The summed E-state index contributed by atoms with van der Waals surface area (Å²) in [6.45, 7) is 22.7. The lowest BCUT2D eigenvalue weighted by Gasteiger charge is -2.29. The molecule has 0 aliphatic heterocycles. The molecule has 0 bridgehead atoms. The summed E-state index contributed by atoms with van der Waals surface area (Å²) in [5.41, 5.74) is 1.19. The fourth-order valence-electron chi connectivity index (χ4n) is 2.42. The van der Waals surface area contributed by atoms with Gasteiger partial charge in [-0.2, -0.15) is 0 Å². The molecule has 0 radical (unpaired) electrons. The van der Waals surface area contributed by atoms with E-state index in [1.54, 1.807) is 0 Å². The molecular weight excluding hydrogens is 319 g/mol. The number of allylic oxidation sites excluding steroid dienone is 2. The summed E-state index contributed by atoms with van der Waals surface area (Å²) < 4.78 is 5.63. The third-order valence-electron chi connectivity index (χ3n) is 3.76. The number of carbonyl (C=O) groups excluding carboxylic acids is 1. The third-order valence-corrected chi connectivity index (χ3v) is 5.07. The Morgan fingerprint density at radius 1 is 1.33 bits per heavy atom. The first-order valence-corrected chi connectivity index (χ1v) is 9.70. The quantitative estimate of drug-likeness (QED) is 0.154. The first-order chi connectivity index (χ1) is 11.2. The molecule has 138 valence electrons. The molecule has 2 N–H and O–H groups in total. The van der Waals surface area contributed by atoms with Gasteiger partial charge in [-0.15, -0.1) is 0 Å². The van der Waals surface area contributed by atoms with E-state index in [1.807, 2.05) is 6.92 Å². The zero-order valence-electron chi connectivity index (χ0n) is 15.8. The lowest BCUT2D eigenvalue weighted by molar-refractivity contribution is -0.109. The van der Waals surface area contributed by atoms with Gasteiger partial charge in [0.15, 0.2) is 5.88 Å². The minimum atomic E-state index is 0.142. The van der Waals surface area contributed by atoms with Gasteiger partial charge >= 0.3 is 0 Å². The van der Waals surface area contributed by atoms with Crippen LogP contribution in [-0.2, 0) is 9.53 Å². The van der Waals surface area contributed by atoms with Gasteiger partial charge in [0.25, 0.3) is 0 Å². The van der Waals surface area contributed by atoms with Gasteiger partial charge in [0, 0.05) is 19.3 Å². The minimum absolute atomic E-state index is 0.142. The van der Waals surface area contributed by atoms with E-state index in [-0.39, 0.29) is 5.41 Å². The van der Waals surface area contributed by atoms with Crippen molar-refractivity contribution in [3.8, 4) is 0 Å². The molecule has 2 unspecified atom stereocenters. The molecule has 0 aromatic carbocycles. The highest BCUT2D eigenvalue weighted by molar-refractivity contribution is 7.43. The van der Waals surface area contributed by atoms with Crippen LogP contribution in [0.15, 0.2) is 36.5 Å². The highest BCUT2D eigenvalue weighted by Crippen LogP contribution is 2.27. The monoisotopic (exact) mass is 354 g/mol. The van der Waals surface area contributed by atoms with Crippen LogP contribution in [0.4, 0.5) is 0 Å². The smallest absolute Gasteiger partial charge is 0.207 e. The number of hydrogen-bond donors (Lipinski definition) is 2. The molecule has 4 nitrogen and oxygen atoms in total. The standard InChI is InChI=1S/C19H35N2O2P/c1-15(2)17(4)24-11-10-23-18(5)21-13-19(6,7)12-16(3)8-9-20-14-22/h14,16,21,24H,1,4-5,8-13H2,2-3,6-7H3,(H,20,22). The second kappa shape index (κ2) is 12.1. The van der Waals surface area contributed by atoms with Crippen LogP contribution in [0.25, 0.3) is 0 Å². The Balaban J connectivity index is 3.91. The minimum Gasteiger partial charge on any atom is -0.479 e. The predicted molar refractivity (Wildman–Crippen MR) is 106 cm³/mol. The highest BCUT2D eigenvalue weighted by atomic mass is 31.1. The first-order valence-electron chi connectivity index (χ1n) is 8.49. The van der Waals surface area contributed by atoms with Crippen molar-refractivity contribution < 1.29 is 9.53 Å². The number of hydrogen-bond acceptors (Lipinski definition) is 3. The van der Waals surface area contributed by atoms with Gasteiger partial charge in [-0.1, -0.05) is 48.1 Å². The van der Waals surface area contributed by atoms with Crippen molar-refractivity contribution in [3.63, 3.8) is 0 Å². The molecule has 5 heteroatoms. The summed E-state index contributed by atoms with van der Waals surface area (Å²) >= 11 is 0. The second-order valence-corrected chi connectivity index (χ2v) is 8.60. The Kier molecular flexibility index (Phi) is 11.5. The lowest BCUT2D eigenvalue weighted by Crippen LogP contribution is -2.31. The molecule has 0 fully saturated rings. The van der Waals surface area contributed by atoms with Gasteiger partial charge in [-0.3, -0.25) is 4.79 Å². The van der Waals surface area contributed by atoms with E-state index >= 15 is 0 Å². The zero-order chi connectivity index (χ0) is 18.6. The topological polar surface area (TPSA) is 50.4 Å². The van der Waals surface area contributed by atoms with Gasteiger partial charge in [0.2, 0.25) is 6.41 Å². The molecule has 1 amide bonds. The van der Waals surface area contributed by atoms with Crippen LogP contribution in [0.3, 0.4) is 0 Å². The van der Waals surface area contributed by atoms with E-state index in [2.05, 4.69) is 51.1 Å². The molecule has 0 spiro atoms. The van der Waals surface area contributed by atoms with Crippen LogP contribution in [0.5, 0.6) is 0 Å². The summed E-state index contributed by atoms with van der Waals surface area (Å²) in [6.07, 6.45) is 3.77. The van der Waals surface area contributed by atoms with Crippen molar-refractivity contribution in [3.05, 3.63) is 36.5 Å². The molecule has 2 atom stereocenters. The summed E-state index contributed by atoms with van der Waals surface area (Å²) in [5, 5.41) is 7.11. The lowest BCUT2D eigenvalue weighted by atomic mass is 9.82. The molecule has 0 aliphatic carbocycles. The molecule has 0 heterocycles. The molecular formula is C19H35N2O2P. The predicted octanol–water partition coefficient (Wildman–Crippen LogP) is 4.02. The van der Waals surface area contributed by atoms with Gasteiger partial charge in [-0.25, -0.2) is 0 Å². The number of nitrogens with one attached hydrogen (secondary N) is 2. The van der Waals surface area contributed by atoms with E-state index in [0.29, 0.717) is 27.0 Å². The fourth-order valence-corrected chi connectivity index (χ4v) is 3.23. The number of amides is 1. The summed E-state index contributed by atoms with van der Waals surface area (Å²) in [6, 6.07) is 0. The summed E-state index contributed by atoms with van der Waals surface area (Å²) in [4.78, 5) is 10.3. The number of carbonyl (C=O) groups is 1. The Morgan fingerprint density at radius 2 is 2.00 bits per heavy atom. The molecule has 0 aliphatic rings. The van der Waals surface area contributed by atoms with Gasteiger partial charge < -0.3 is 15.4 Å². The zero-order valence-corrected chi connectivity index (χ0v) is 16.8. The van der Waals surface area contributed by atoms with Crippen molar-refractivity contribution in [2.75, 3.05) is 25.9 Å².